The fraction of sp³-hybridized carbons (Fsp3) is 0.429. The molecule has 5 nitrogen and oxygen atoms in total. The van der Waals surface area contributed by atoms with Crippen LogP contribution in [0.25, 0.3) is 0 Å². The summed E-state index contributed by atoms with van der Waals surface area (Å²) < 4.78 is 24.1. The molecular weight excluding hydrogens is 261 g/mol. The maximum Gasteiger partial charge on any atom is 0.264 e. The predicted molar refractivity (Wildman–Crippen MR) is 71.7 cm³/mol. The van der Waals surface area contributed by atoms with Crippen LogP contribution >= 0.6 is 0 Å². The molecule has 0 amide bonds. The van der Waals surface area contributed by atoms with Crippen molar-refractivity contribution in [1.29, 1.82) is 0 Å². The standard InChI is InChI=1S/C14H18FN3O2/c1-3-11(16)6-10-4-5-13(12(15)7-10)19-8-14-17-9(2)18-20-14/h4-5,7,11H,3,6,8,16H2,1-2H3. The number of benzene rings is 1. The Bertz CT molecular complexity index is 571. The predicted octanol–water partition coefficient (Wildman–Crippen LogP) is 2.38. The number of ether oxygens (including phenoxy) is 1. The summed E-state index contributed by atoms with van der Waals surface area (Å²) in [7, 11) is 0. The van der Waals surface area contributed by atoms with Crippen molar-refractivity contribution in [3.63, 3.8) is 0 Å². The average molecular weight is 279 g/mol. The summed E-state index contributed by atoms with van der Waals surface area (Å²) in [4.78, 5) is 3.98. The molecule has 0 aliphatic carbocycles. The zero-order valence-corrected chi connectivity index (χ0v) is 11.6. The third-order valence-corrected chi connectivity index (χ3v) is 2.94. The topological polar surface area (TPSA) is 74.2 Å². The maximum absolute atomic E-state index is 13.9. The van der Waals surface area contributed by atoms with Crippen molar-refractivity contribution in [2.45, 2.75) is 39.3 Å². The Labute approximate surface area is 116 Å². The quantitative estimate of drug-likeness (QED) is 0.878. The fourth-order valence-electron chi connectivity index (χ4n) is 1.77. The van der Waals surface area contributed by atoms with Crippen LogP contribution < -0.4 is 10.5 Å². The van der Waals surface area contributed by atoms with Gasteiger partial charge in [0.2, 0.25) is 0 Å². The van der Waals surface area contributed by atoms with Crippen molar-refractivity contribution in [2.75, 3.05) is 0 Å². The van der Waals surface area contributed by atoms with Crippen LogP contribution in [0, 0.1) is 12.7 Å². The van der Waals surface area contributed by atoms with Crippen molar-refractivity contribution in [1.82, 2.24) is 10.1 Å². The number of rotatable bonds is 6. The summed E-state index contributed by atoms with van der Waals surface area (Å²) in [5, 5.41) is 3.63. The van der Waals surface area contributed by atoms with Gasteiger partial charge in [-0.05, 0) is 37.5 Å². The van der Waals surface area contributed by atoms with Gasteiger partial charge in [-0.1, -0.05) is 18.1 Å². The van der Waals surface area contributed by atoms with E-state index in [1.54, 1.807) is 13.0 Å². The smallest absolute Gasteiger partial charge is 0.264 e. The van der Waals surface area contributed by atoms with E-state index < -0.39 is 5.82 Å². The van der Waals surface area contributed by atoms with E-state index in [4.69, 9.17) is 15.0 Å². The number of halogens is 1. The molecule has 0 fully saturated rings. The summed E-state index contributed by atoms with van der Waals surface area (Å²) in [6.45, 7) is 3.76. The molecule has 1 unspecified atom stereocenters. The van der Waals surface area contributed by atoms with Gasteiger partial charge < -0.3 is 15.0 Å². The SMILES string of the molecule is CCC(N)Cc1ccc(OCc2nc(C)no2)c(F)c1. The molecule has 0 aliphatic heterocycles. The highest BCUT2D eigenvalue weighted by Crippen LogP contribution is 2.20. The van der Waals surface area contributed by atoms with E-state index in [2.05, 4.69) is 10.1 Å². The van der Waals surface area contributed by atoms with Gasteiger partial charge in [0.1, 0.15) is 0 Å². The summed E-state index contributed by atoms with van der Waals surface area (Å²) in [6.07, 6.45) is 1.51. The molecule has 0 bridgehead atoms. The van der Waals surface area contributed by atoms with E-state index in [1.165, 1.54) is 6.07 Å². The van der Waals surface area contributed by atoms with Gasteiger partial charge >= 0.3 is 0 Å². The minimum absolute atomic E-state index is 0.0440. The van der Waals surface area contributed by atoms with Crippen LogP contribution in [0.5, 0.6) is 5.75 Å². The summed E-state index contributed by atoms with van der Waals surface area (Å²) in [6, 6.07) is 4.90. The highest BCUT2D eigenvalue weighted by Gasteiger charge is 2.09. The molecule has 0 spiro atoms. The second-order valence-electron chi connectivity index (χ2n) is 4.66. The molecule has 0 saturated carbocycles. The molecule has 1 aromatic heterocycles. The van der Waals surface area contributed by atoms with Crippen LogP contribution in [0.15, 0.2) is 22.7 Å². The van der Waals surface area contributed by atoms with Gasteiger partial charge in [0, 0.05) is 6.04 Å². The first kappa shape index (κ1) is 14.5. The van der Waals surface area contributed by atoms with Gasteiger partial charge in [0.25, 0.3) is 5.89 Å². The first-order chi connectivity index (χ1) is 9.58. The number of nitrogens with two attached hydrogens (primary N) is 1. The lowest BCUT2D eigenvalue weighted by atomic mass is 10.0. The van der Waals surface area contributed by atoms with Gasteiger partial charge in [0.05, 0.1) is 0 Å². The number of aryl methyl sites for hydroxylation is 1. The number of hydrogen-bond acceptors (Lipinski definition) is 5. The minimum Gasteiger partial charge on any atom is -0.481 e. The van der Waals surface area contributed by atoms with Gasteiger partial charge in [-0.3, -0.25) is 0 Å². The number of aromatic nitrogens is 2. The highest BCUT2D eigenvalue weighted by atomic mass is 19.1. The fourth-order valence-corrected chi connectivity index (χ4v) is 1.77. The maximum atomic E-state index is 13.9. The Kier molecular flexibility index (Phi) is 4.68. The van der Waals surface area contributed by atoms with Crippen LogP contribution in [0.4, 0.5) is 4.39 Å². The zero-order valence-electron chi connectivity index (χ0n) is 11.6. The van der Waals surface area contributed by atoms with E-state index in [0.29, 0.717) is 18.1 Å². The van der Waals surface area contributed by atoms with E-state index >= 15 is 0 Å². The average Bonchev–Trinajstić information content (AvgIpc) is 2.83. The second-order valence-corrected chi connectivity index (χ2v) is 4.66. The summed E-state index contributed by atoms with van der Waals surface area (Å²) in [5.41, 5.74) is 6.71. The van der Waals surface area contributed by atoms with Crippen LogP contribution in [0.3, 0.4) is 0 Å². The molecule has 20 heavy (non-hydrogen) atoms. The third-order valence-electron chi connectivity index (χ3n) is 2.94. The Morgan fingerprint density at radius 2 is 2.25 bits per heavy atom. The third kappa shape index (κ3) is 3.77. The van der Waals surface area contributed by atoms with Crippen LogP contribution in [-0.4, -0.2) is 16.2 Å². The molecule has 0 saturated heterocycles. The Morgan fingerprint density at radius 1 is 1.45 bits per heavy atom. The van der Waals surface area contributed by atoms with Crippen LogP contribution in [0.2, 0.25) is 0 Å². The second kappa shape index (κ2) is 6.47. The molecule has 2 rings (SSSR count). The van der Waals surface area contributed by atoms with E-state index in [0.717, 1.165) is 12.0 Å². The number of nitrogens with zero attached hydrogens (tertiary/aromatic N) is 2. The van der Waals surface area contributed by atoms with Crippen molar-refractivity contribution in [3.05, 3.63) is 41.3 Å². The largest absolute Gasteiger partial charge is 0.481 e. The highest BCUT2D eigenvalue weighted by molar-refractivity contribution is 5.29. The Morgan fingerprint density at radius 3 is 2.85 bits per heavy atom. The van der Waals surface area contributed by atoms with E-state index in [9.17, 15) is 4.39 Å². The molecule has 2 aromatic rings. The molecule has 0 radical (unpaired) electrons. The van der Waals surface area contributed by atoms with E-state index in [1.807, 2.05) is 13.0 Å². The lowest BCUT2D eigenvalue weighted by Crippen LogP contribution is -2.21. The zero-order chi connectivity index (χ0) is 14.5. The molecule has 1 aromatic carbocycles. The lowest BCUT2D eigenvalue weighted by Gasteiger charge is -2.10. The molecule has 108 valence electrons. The molecule has 1 atom stereocenters. The molecular formula is C14H18FN3O2. The number of hydrogen-bond donors (Lipinski definition) is 1. The molecule has 0 aliphatic rings. The molecule has 2 N–H and O–H groups in total. The Hall–Kier alpha value is -1.95. The van der Waals surface area contributed by atoms with Gasteiger partial charge in [-0.25, -0.2) is 4.39 Å². The minimum atomic E-state index is -0.415. The van der Waals surface area contributed by atoms with Gasteiger partial charge in [0.15, 0.2) is 24.0 Å². The van der Waals surface area contributed by atoms with Crippen molar-refractivity contribution < 1.29 is 13.7 Å². The summed E-state index contributed by atoms with van der Waals surface area (Å²) >= 11 is 0. The van der Waals surface area contributed by atoms with Crippen molar-refractivity contribution in [2.24, 2.45) is 5.73 Å². The van der Waals surface area contributed by atoms with Gasteiger partial charge in [-0.2, -0.15) is 4.98 Å². The first-order valence-corrected chi connectivity index (χ1v) is 6.54. The van der Waals surface area contributed by atoms with E-state index in [-0.39, 0.29) is 18.4 Å². The molecule has 6 heteroatoms. The molecule has 1 heterocycles. The van der Waals surface area contributed by atoms with Crippen LogP contribution in [-0.2, 0) is 13.0 Å². The Balaban J connectivity index is 1.98. The first-order valence-electron chi connectivity index (χ1n) is 6.54. The normalized spacial score (nSPS) is 12.4. The van der Waals surface area contributed by atoms with Crippen molar-refractivity contribution in [3.8, 4) is 5.75 Å². The van der Waals surface area contributed by atoms with Crippen molar-refractivity contribution >= 4 is 0 Å². The van der Waals surface area contributed by atoms with Gasteiger partial charge in [-0.15, -0.1) is 0 Å². The summed E-state index contributed by atoms with van der Waals surface area (Å²) in [5.74, 6) is 0.587. The van der Waals surface area contributed by atoms with Crippen LogP contribution in [0.1, 0.15) is 30.6 Å². The lowest BCUT2D eigenvalue weighted by molar-refractivity contribution is 0.234. The monoisotopic (exact) mass is 279 g/mol.